The number of carbonyl (C=O) groups excluding carboxylic acids is 1. The molecule has 4 aromatic rings. The number of nitrogens with one attached hydrogen (secondary N) is 1. The van der Waals surface area contributed by atoms with Crippen molar-refractivity contribution in [2.24, 2.45) is 0 Å². The fourth-order valence-corrected chi connectivity index (χ4v) is 4.18. The highest BCUT2D eigenvalue weighted by molar-refractivity contribution is 7.99. The molecule has 4 rings (SSSR count). The second-order valence-corrected chi connectivity index (χ2v) is 8.43. The number of fused-ring (bicyclic) bond motifs is 1. The molecule has 0 bridgehead atoms. The second kappa shape index (κ2) is 10.8. The molecule has 0 fully saturated rings. The van der Waals surface area contributed by atoms with Gasteiger partial charge in [0.25, 0.3) is 0 Å². The summed E-state index contributed by atoms with van der Waals surface area (Å²) < 4.78 is 7.80. The minimum Gasteiger partial charge on any atom is -0.486 e. The van der Waals surface area contributed by atoms with Crippen molar-refractivity contribution < 1.29 is 9.53 Å². The summed E-state index contributed by atoms with van der Waals surface area (Å²) in [6.45, 7) is 6.77. The number of ether oxygens (including phenoxy) is 1. The lowest BCUT2D eigenvalue weighted by Gasteiger charge is -2.10. The summed E-state index contributed by atoms with van der Waals surface area (Å²) in [6, 6.07) is 22.0. The van der Waals surface area contributed by atoms with Gasteiger partial charge in [-0.2, -0.15) is 0 Å². The van der Waals surface area contributed by atoms with Crippen LogP contribution in [0.3, 0.4) is 0 Å². The fourth-order valence-electron chi connectivity index (χ4n) is 3.41. The van der Waals surface area contributed by atoms with Crippen LogP contribution in [0.2, 0.25) is 0 Å². The van der Waals surface area contributed by atoms with E-state index in [1.165, 1.54) is 17.3 Å². The topological polar surface area (TPSA) is 69.0 Å². The SMILES string of the molecule is C=CCn1c(COc2ccc(CC)cc2)nnc1SCC(=O)Nc1ccc2ccccc2c1. The number of amides is 1. The number of rotatable bonds is 10. The molecule has 7 heteroatoms. The lowest BCUT2D eigenvalue weighted by molar-refractivity contribution is -0.113. The molecule has 0 aliphatic rings. The first-order valence-corrected chi connectivity index (χ1v) is 11.8. The number of aryl methyl sites for hydroxylation is 1. The van der Waals surface area contributed by atoms with E-state index in [9.17, 15) is 4.79 Å². The third-order valence-electron chi connectivity index (χ3n) is 5.17. The van der Waals surface area contributed by atoms with Crippen molar-refractivity contribution in [2.75, 3.05) is 11.1 Å². The Labute approximate surface area is 197 Å². The Hall–Kier alpha value is -3.58. The Bertz CT molecular complexity index is 1250. The molecule has 0 atom stereocenters. The molecule has 33 heavy (non-hydrogen) atoms. The minimum atomic E-state index is -0.0998. The van der Waals surface area contributed by atoms with Gasteiger partial charge in [0.1, 0.15) is 12.4 Å². The molecule has 1 aromatic heterocycles. The highest BCUT2D eigenvalue weighted by Gasteiger charge is 2.14. The molecule has 1 heterocycles. The van der Waals surface area contributed by atoms with Gasteiger partial charge in [0.05, 0.1) is 5.75 Å². The van der Waals surface area contributed by atoms with Crippen molar-refractivity contribution in [1.82, 2.24) is 14.8 Å². The predicted molar refractivity (Wildman–Crippen MR) is 134 cm³/mol. The minimum absolute atomic E-state index is 0.0998. The summed E-state index contributed by atoms with van der Waals surface area (Å²) in [4.78, 5) is 12.5. The molecule has 0 aliphatic heterocycles. The van der Waals surface area contributed by atoms with E-state index in [2.05, 4.69) is 41.1 Å². The van der Waals surface area contributed by atoms with Gasteiger partial charge in [-0.3, -0.25) is 9.36 Å². The van der Waals surface area contributed by atoms with Crippen molar-refractivity contribution in [3.63, 3.8) is 0 Å². The van der Waals surface area contributed by atoms with Gasteiger partial charge in [0.2, 0.25) is 5.91 Å². The maximum atomic E-state index is 12.5. The summed E-state index contributed by atoms with van der Waals surface area (Å²) in [5.74, 6) is 1.59. The van der Waals surface area contributed by atoms with Crippen LogP contribution in [0.4, 0.5) is 5.69 Å². The van der Waals surface area contributed by atoms with E-state index < -0.39 is 0 Å². The average molecular weight is 459 g/mol. The molecule has 0 radical (unpaired) electrons. The van der Waals surface area contributed by atoms with Crippen molar-refractivity contribution in [3.05, 3.63) is 90.8 Å². The van der Waals surface area contributed by atoms with Crippen LogP contribution in [-0.4, -0.2) is 26.4 Å². The average Bonchev–Trinajstić information content (AvgIpc) is 3.23. The molecule has 1 amide bonds. The summed E-state index contributed by atoms with van der Waals surface area (Å²) >= 11 is 1.34. The second-order valence-electron chi connectivity index (χ2n) is 7.48. The predicted octanol–water partition coefficient (Wildman–Crippen LogP) is 5.49. The van der Waals surface area contributed by atoms with Crippen LogP contribution in [0.5, 0.6) is 5.75 Å². The largest absolute Gasteiger partial charge is 0.486 e. The lowest BCUT2D eigenvalue weighted by atomic mass is 10.1. The van der Waals surface area contributed by atoms with E-state index in [1.54, 1.807) is 6.08 Å². The molecule has 3 aromatic carbocycles. The number of hydrogen-bond acceptors (Lipinski definition) is 5. The molecule has 0 aliphatic carbocycles. The molecule has 1 N–H and O–H groups in total. The normalized spacial score (nSPS) is 10.8. The highest BCUT2D eigenvalue weighted by atomic mass is 32.2. The number of anilines is 1. The maximum Gasteiger partial charge on any atom is 0.234 e. The number of allylic oxidation sites excluding steroid dienone is 1. The Kier molecular flexibility index (Phi) is 7.42. The van der Waals surface area contributed by atoms with Crippen molar-refractivity contribution >= 4 is 34.1 Å². The molecule has 0 unspecified atom stereocenters. The molecule has 0 saturated carbocycles. The Morgan fingerprint density at radius 2 is 1.88 bits per heavy atom. The number of hydrogen-bond donors (Lipinski definition) is 1. The summed E-state index contributed by atoms with van der Waals surface area (Å²) in [5.41, 5.74) is 2.04. The smallest absolute Gasteiger partial charge is 0.234 e. The fraction of sp³-hybridized carbons (Fsp3) is 0.192. The zero-order valence-electron chi connectivity index (χ0n) is 18.5. The van der Waals surface area contributed by atoms with Gasteiger partial charge in [-0.15, -0.1) is 16.8 Å². The van der Waals surface area contributed by atoms with Crippen molar-refractivity contribution in [2.45, 2.75) is 31.7 Å². The standard InChI is InChI=1S/C26H26N4O2S/c1-3-15-30-24(17-32-23-13-9-19(4-2)10-14-23)28-29-26(30)33-18-25(31)27-22-12-11-20-7-5-6-8-21(20)16-22/h3,5-14,16H,1,4,15,17-18H2,2H3,(H,27,31). The first-order valence-electron chi connectivity index (χ1n) is 10.8. The number of thioether (sulfide) groups is 1. The van der Waals surface area contributed by atoms with Crippen LogP contribution in [0, 0.1) is 0 Å². The van der Waals surface area contributed by atoms with Crippen molar-refractivity contribution in [1.29, 1.82) is 0 Å². The lowest BCUT2D eigenvalue weighted by Crippen LogP contribution is -2.15. The molecular weight excluding hydrogens is 432 g/mol. The van der Waals surface area contributed by atoms with Crippen LogP contribution in [-0.2, 0) is 24.4 Å². The molecule has 168 valence electrons. The van der Waals surface area contributed by atoms with E-state index in [0.717, 1.165) is 28.6 Å². The van der Waals surface area contributed by atoms with Gasteiger partial charge in [-0.1, -0.05) is 67.2 Å². The first-order chi connectivity index (χ1) is 16.2. The van der Waals surface area contributed by atoms with Crippen LogP contribution in [0.15, 0.2) is 84.5 Å². The first kappa shape index (κ1) is 22.6. The van der Waals surface area contributed by atoms with Gasteiger partial charge < -0.3 is 10.1 Å². The third kappa shape index (κ3) is 5.81. The number of benzene rings is 3. The number of aromatic nitrogens is 3. The van der Waals surface area contributed by atoms with Crippen LogP contribution in [0.1, 0.15) is 18.3 Å². The molecular formula is C26H26N4O2S. The molecule has 0 spiro atoms. The van der Waals surface area contributed by atoms with E-state index in [4.69, 9.17) is 4.74 Å². The third-order valence-corrected chi connectivity index (χ3v) is 6.14. The molecule has 6 nitrogen and oxygen atoms in total. The zero-order valence-corrected chi connectivity index (χ0v) is 19.3. The maximum absolute atomic E-state index is 12.5. The van der Waals surface area contributed by atoms with Crippen LogP contribution < -0.4 is 10.1 Å². The summed E-state index contributed by atoms with van der Waals surface area (Å²) in [5, 5.41) is 14.4. The Balaban J connectivity index is 1.36. The van der Waals surface area contributed by atoms with Crippen LogP contribution in [0.25, 0.3) is 10.8 Å². The summed E-state index contributed by atoms with van der Waals surface area (Å²) in [7, 11) is 0. The Morgan fingerprint density at radius 1 is 1.09 bits per heavy atom. The van der Waals surface area contributed by atoms with E-state index in [-0.39, 0.29) is 18.3 Å². The van der Waals surface area contributed by atoms with Crippen LogP contribution >= 0.6 is 11.8 Å². The highest BCUT2D eigenvalue weighted by Crippen LogP contribution is 2.22. The van der Waals surface area contributed by atoms with Gasteiger partial charge in [0.15, 0.2) is 11.0 Å². The van der Waals surface area contributed by atoms with Crippen molar-refractivity contribution in [3.8, 4) is 5.75 Å². The van der Waals surface area contributed by atoms with E-state index in [0.29, 0.717) is 17.5 Å². The van der Waals surface area contributed by atoms with Gasteiger partial charge in [0, 0.05) is 12.2 Å². The summed E-state index contributed by atoms with van der Waals surface area (Å²) in [6.07, 6.45) is 2.77. The van der Waals surface area contributed by atoms with E-state index >= 15 is 0 Å². The van der Waals surface area contributed by atoms with Gasteiger partial charge in [-0.05, 0) is 47.0 Å². The monoisotopic (exact) mass is 458 g/mol. The van der Waals surface area contributed by atoms with E-state index in [1.807, 2.05) is 59.2 Å². The molecule has 0 saturated heterocycles. The zero-order chi connectivity index (χ0) is 23.0. The van der Waals surface area contributed by atoms with Gasteiger partial charge >= 0.3 is 0 Å². The number of nitrogens with zero attached hydrogens (tertiary/aromatic N) is 3. The number of carbonyl (C=O) groups is 1. The Morgan fingerprint density at radius 3 is 2.64 bits per heavy atom. The van der Waals surface area contributed by atoms with Gasteiger partial charge in [-0.25, -0.2) is 0 Å². The quantitative estimate of drug-likeness (QED) is 0.251.